The first-order chi connectivity index (χ1) is 11.6. The maximum absolute atomic E-state index is 13.9. The zero-order valence-electron chi connectivity index (χ0n) is 13.5. The molecule has 5 nitrogen and oxygen atoms in total. The molecule has 0 atom stereocenters. The molecule has 2 aromatic rings. The van der Waals surface area contributed by atoms with Crippen molar-refractivity contribution in [3.63, 3.8) is 0 Å². The molecule has 0 aliphatic carbocycles. The molecule has 1 aromatic carbocycles. The van der Waals surface area contributed by atoms with Gasteiger partial charge in [-0.25, -0.2) is 9.37 Å². The van der Waals surface area contributed by atoms with Crippen LogP contribution in [0.15, 0.2) is 24.3 Å². The highest BCUT2D eigenvalue weighted by molar-refractivity contribution is 7.17. The molecule has 1 amide bonds. The largest absolute Gasteiger partial charge is 0.379 e. The lowest BCUT2D eigenvalue weighted by Gasteiger charge is -2.26. The van der Waals surface area contributed by atoms with Gasteiger partial charge in [0.2, 0.25) is 0 Å². The fourth-order valence-corrected chi connectivity index (χ4v) is 3.60. The topological polar surface area (TPSA) is 54.5 Å². The number of carbonyl (C=O) groups excluding carboxylic acids is 1. The second-order valence-electron chi connectivity index (χ2n) is 5.62. The Hall–Kier alpha value is -1.83. The molecule has 1 aliphatic heterocycles. The molecular formula is C17H20FN3O2S. The number of amides is 1. The van der Waals surface area contributed by atoms with E-state index in [2.05, 4.69) is 15.2 Å². The van der Waals surface area contributed by atoms with Crippen molar-refractivity contribution in [3.8, 4) is 10.6 Å². The van der Waals surface area contributed by atoms with E-state index in [4.69, 9.17) is 4.74 Å². The summed E-state index contributed by atoms with van der Waals surface area (Å²) in [5.74, 6) is -0.480. The minimum absolute atomic E-state index is 0.152. The first-order valence-electron chi connectivity index (χ1n) is 7.96. The number of morpholine rings is 1. The van der Waals surface area contributed by atoms with Crippen molar-refractivity contribution in [2.24, 2.45) is 0 Å². The Bertz CT molecular complexity index is 714. The van der Waals surface area contributed by atoms with E-state index in [9.17, 15) is 9.18 Å². The summed E-state index contributed by atoms with van der Waals surface area (Å²) in [6, 6.07) is 6.47. The average Bonchev–Trinajstić information content (AvgIpc) is 2.98. The maximum Gasteiger partial charge on any atom is 0.263 e. The fourth-order valence-electron chi connectivity index (χ4n) is 2.59. The third kappa shape index (κ3) is 3.98. The molecule has 1 aliphatic rings. The first kappa shape index (κ1) is 17.0. The zero-order chi connectivity index (χ0) is 16.9. The number of nitrogens with one attached hydrogen (secondary N) is 1. The van der Waals surface area contributed by atoms with E-state index < -0.39 is 0 Å². The van der Waals surface area contributed by atoms with Gasteiger partial charge in [-0.1, -0.05) is 12.1 Å². The van der Waals surface area contributed by atoms with Gasteiger partial charge in [-0.05, 0) is 19.1 Å². The molecule has 24 heavy (non-hydrogen) atoms. The normalized spacial score (nSPS) is 15.4. The molecule has 3 rings (SSSR count). The third-order valence-electron chi connectivity index (χ3n) is 3.92. The molecular weight excluding hydrogens is 329 g/mol. The van der Waals surface area contributed by atoms with Gasteiger partial charge in [-0.3, -0.25) is 9.69 Å². The van der Waals surface area contributed by atoms with E-state index in [-0.39, 0.29) is 11.7 Å². The molecule has 1 N–H and O–H groups in total. The lowest BCUT2D eigenvalue weighted by Crippen LogP contribution is -2.41. The average molecular weight is 349 g/mol. The number of aromatic nitrogens is 1. The van der Waals surface area contributed by atoms with Gasteiger partial charge in [-0.2, -0.15) is 0 Å². The van der Waals surface area contributed by atoms with Crippen molar-refractivity contribution >= 4 is 17.2 Å². The fraction of sp³-hybridized carbons (Fsp3) is 0.412. The SMILES string of the molecule is Cc1nc(-c2ccccc2F)sc1C(=O)NCCN1CCOCC1. The van der Waals surface area contributed by atoms with Gasteiger partial charge in [0.1, 0.15) is 15.7 Å². The molecule has 0 unspecified atom stereocenters. The van der Waals surface area contributed by atoms with Gasteiger partial charge in [0.15, 0.2) is 0 Å². The predicted molar refractivity (Wildman–Crippen MR) is 91.8 cm³/mol. The van der Waals surface area contributed by atoms with Crippen LogP contribution in [-0.2, 0) is 4.74 Å². The number of benzene rings is 1. The number of aryl methyl sites for hydroxylation is 1. The molecule has 1 aromatic heterocycles. The van der Waals surface area contributed by atoms with E-state index in [0.717, 1.165) is 32.8 Å². The molecule has 1 saturated heterocycles. The Kier molecular flexibility index (Phi) is 5.55. The highest BCUT2D eigenvalue weighted by Crippen LogP contribution is 2.29. The zero-order valence-corrected chi connectivity index (χ0v) is 14.4. The summed E-state index contributed by atoms with van der Waals surface area (Å²) in [4.78, 5) is 19.5. The standard InChI is InChI=1S/C17H20FN3O2S/c1-12-15(16(22)19-6-7-21-8-10-23-11-9-21)24-17(20-12)13-4-2-3-5-14(13)18/h2-5H,6-11H2,1H3,(H,19,22). The second kappa shape index (κ2) is 7.83. The van der Waals surface area contributed by atoms with Crippen molar-refractivity contribution in [1.82, 2.24) is 15.2 Å². The Morgan fingerprint density at radius 3 is 2.88 bits per heavy atom. The second-order valence-corrected chi connectivity index (χ2v) is 6.62. The number of nitrogens with zero attached hydrogens (tertiary/aromatic N) is 2. The Balaban J connectivity index is 1.62. The van der Waals surface area contributed by atoms with Crippen molar-refractivity contribution in [2.45, 2.75) is 6.92 Å². The van der Waals surface area contributed by atoms with E-state index in [1.807, 2.05) is 0 Å². The summed E-state index contributed by atoms with van der Waals surface area (Å²) in [5.41, 5.74) is 1.06. The number of hydrogen-bond acceptors (Lipinski definition) is 5. The van der Waals surface area contributed by atoms with Gasteiger partial charge < -0.3 is 10.1 Å². The van der Waals surface area contributed by atoms with Crippen LogP contribution in [0, 0.1) is 12.7 Å². The van der Waals surface area contributed by atoms with E-state index in [0.29, 0.717) is 27.7 Å². The minimum Gasteiger partial charge on any atom is -0.379 e. The summed E-state index contributed by atoms with van der Waals surface area (Å²) < 4.78 is 19.2. The van der Waals surface area contributed by atoms with Crippen molar-refractivity contribution in [2.75, 3.05) is 39.4 Å². The van der Waals surface area contributed by atoms with E-state index in [1.54, 1.807) is 25.1 Å². The van der Waals surface area contributed by atoms with Gasteiger partial charge in [0.05, 0.1) is 18.9 Å². The maximum atomic E-state index is 13.9. The number of carbonyl (C=O) groups is 1. The lowest BCUT2D eigenvalue weighted by atomic mass is 10.2. The molecule has 0 radical (unpaired) electrons. The number of hydrogen-bond donors (Lipinski definition) is 1. The molecule has 1 fully saturated rings. The number of ether oxygens (including phenoxy) is 1. The van der Waals surface area contributed by atoms with Crippen LogP contribution in [0.4, 0.5) is 4.39 Å². The summed E-state index contributed by atoms with van der Waals surface area (Å²) in [6.45, 7) is 6.43. The van der Waals surface area contributed by atoms with Crippen molar-refractivity contribution in [1.29, 1.82) is 0 Å². The Morgan fingerprint density at radius 2 is 2.12 bits per heavy atom. The highest BCUT2D eigenvalue weighted by atomic mass is 32.1. The van der Waals surface area contributed by atoms with Crippen LogP contribution in [-0.4, -0.2) is 55.2 Å². The van der Waals surface area contributed by atoms with E-state index >= 15 is 0 Å². The Labute approximate surface area is 144 Å². The quantitative estimate of drug-likeness (QED) is 0.900. The van der Waals surface area contributed by atoms with Crippen molar-refractivity contribution < 1.29 is 13.9 Å². The molecule has 2 heterocycles. The van der Waals surface area contributed by atoms with Gasteiger partial charge in [0, 0.05) is 31.7 Å². The van der Waals surface area contributed by atoms with Crippen LogP contribution in [0.1, 0.15) is 15.4 Å². The van der Waals surface area contributed by atoms with Crippen LogP contribution < -0.4 is 5.32 Å². The summed E-state index contributed by atoms with van der Waals surface area (Å²) >= 11 is 1.22. The van der Waals surface area contributed by atoms with Crippen LogP contribution >= 0.6 is 11.3 Å². The molecule has 0 bridgehead atoms. The third-order valence-corrected chi connectivity index (χ3v) is 5.11. The Morgan fingerprint density at radius 1 is 1.38 bits per heavy atom. The highest BCUT2D eigenvalue weighted by Gasteiger charge is 2.18. The van der Waals surface area contributed by atoms with Crippen LogP contribution in [0.25, 0.3) is 10.6 Å². The van der Waals surface area contributed by atoms with Gasteiger partial charge in [0.25, 0.3) is 5.91 Å². The molecule has 7 heteroatoms. The number of halogens is 1. The van der Waals surface area contributed by atoms with Crippen LogP contribution in [0.3, 0.4) is 0 Å². The molecule has 0 spiro atoms. The summed E-state index contributed by atoms with van der Waals surface area (Å²) in [5, 5.41) is 3.45. The first-order valence-corrected chi connectivity index (χ1v) is 8.77. The monoisotopic (exact) mass is 349 g/mol. The smallest absolute Gasteiger partial charge is 0.263 e. The summed E-state index contributed by atoms with van der Waals surface area (Å²) in [6.07, 6.45) is 0. The summed E-state index contributed by atoms with van der Waals surface area (Å²) in [7, 11) is 0. The van der Waals surface area contributed by atoms with Crippen molar-refractivity contribution in [3.05, 3.63) is 40.7 Å². The van der Waals surface area contributed by atoms with Crippen LogP contribution in [0.2, 0.25) is 0 Å². The molecule has 128 valence electrons. The predicted octanol–water partition coefficient (Wildman–Crippen LogP) is 2.32. The van der Waals surface area contributed by atoms with Gasteiger partial charge >= 0.3 is 0 Å². The van der Waals surface area contributed by atoms with Gasteiger partial charge in [-0.15, -0.1) is 11.3 Å². The lowest BCUT2D eigenvalue weighted by molar-refractivity contribution is 0.0383. The number of rotatable bonds is 5. The molecule has 0 saturated carbocycles. The van der Waals surface area contributed by atoms with E-state index in [1.165, 1.54) is 17.4 Å². The number of thiazole rings is 1. The minimum atomic E-state index is -0.328. The van der Waals surface area contributed by atoms with Crippen LogP contribution in [0.5, 0.6) is 0 Å².